The van der Waals surface area contributed by atoms with Crippen LogP contribution in [0.25, 0.3) is 0 Å². The van der Waals surface area contributed by atoms with Crippen molar-refractivity contribution >= 4 is 50.5 Å². The minimum Gasteiger partial charge on any atom is -0.482 e. The number of amides is 1. The van der Waals surface area contributed by atoms with Gasteiger partial charge in [-0.1, -0.05) is 27.3 Å². The number of carbonyl (C=O) groups is 1. The molecule has 19 heavy (non-hydrogen) atoms. The summed E-state index contributed by atoms with van der Waals surface area (Å²) in [4.78, 5) is 13.6. The van der Waals surface area contributed by atoms with Crippen molar-refractivity contribution in [2.45, 2.75) is 6.54 Å². The van der Waals surface area contributed by atoms with E-state index in [1.165, 1.54) is 11.3 Å². The molecular formula is C11H7BrClN3O2S. The van der Waals surface area contributed by atoms with E-state index in [0.29, 0.717) is 21.8 Å². The fraction of sp³-hybridized carbons (Fsp3) is 0.182. The van der Waals surface area contributed by atoms with E-state index < -0.39 is 0 Å². The normalized spacial score (nSPS) is 14.2. The van der Waals surface area contributed by atoms with Crippen molar-refractivity contribution in [2.24, 2.45) is 0 Å². The van der Waals surface area contributed by atoms with Gasteiger partial charge in [-0.15, -0.1) is 10.2 Å². The molecule has 0 aliphatic carbocycles. The lowest BCUT2D eigenvalue weighted by Gasteiger charge is -2.28. The standard InChI is InChI=1S/C11H7BrClN3O2S/c12-6-1-2-8-7(3-6)16(10(17)5-18-8)4-9-14-15-11(13)19-9/h1-3H,4-5H2. The number of nitrogens with zero attached hydrogens (tertiary/aromatic N) is 3. The van der Waals surface area contributed by atoms with Gasteiger partial charge in [0, 0.05) is 4.47 Å². The molecule has 0 radical (unpaired) electrons. The average Bonchev–Trinajstić information content (AvgIpc) is 2.79. The minimum atomic E-state index is -0.114. The van der Waals surface area contributed by atoms with Crippen LogP contribution in [0.1, 0.15) is 5.01 Å². The van der Waals surface area contributed by atoms with Gasteiger partial charge in [0.1, 0.15) is 10.8 Å². The molecule has 1 aromatic carbocycles. The molecule has 0 bridgehead atoms. The van der Waals surface area contributed by atoms with Crippen LogP contribution in [0.4, 0.5) is 5.69 Å². The molecule has 0 saturated carbocycles. The Morgan fingerprint density at radius 3 is 3.05 bits per heavy atom. The quantitative estimate of drug-likeness (QED) is 0.826. The zero-order valence-electron chi connectivity index (χ0n) is 9.47. The Bertz CT molecular complexity index is 649. The van der Waals surface area contributed by atoms with Crippen molar-refractivity contribution < 1.29 is 9.53 Å². The van der Waals surface area contributed by atoms with Crippen LogP contribution in [0.15, 0.2) is 22.7 Å². The van der Waals surface area contributed by atoms with E-state index in [9.17, 15) is 4.79 Å². The first-order valence-corrected chi connectivity index (χ1v) is 7.33. The summed E-state index contributed by atoms with van der Waals surface area (Å²) in [5.41, 5.74) is 0.719. The maximum Gasteiger partial charge on any atom is 0.265 e. The van der Waals surface area contributed by atoms with Crippen molar-refractivity contribution in [3.63, 3.8) is 0 Å². The minimum absolute atomic E-state index is 0.0289. The monoisotopic (exact) mass is 359 g/mol. The second kappa shape index (κ2) is 5.07. The molecule has 0 N–H and O–H groups in total. The van der Waals surface area contributed by atoms with Gasteiger partial charge in [-0.05, 0) is 29.8 Å². The van der Waals surface area contributed by atoms with E-state index in [2.05, 4.69) is 26.1 Å². The Balaban J connectivity index is 1.96. The molecule has 0 fully saturated rings. The predicted octanol–water partition coefficient (Wildman–Crippen LogP) is 2.88. The summed E-state index contributed by atoms with van der Waals surface area (Å²) >= 11 is 10.4. The number of hydrogen-bond acceptors (Lipinski definition) is 5. The Morgan fingerprint density at radius 2 is 2.32 bits per heavy atom. The summed E-state index contributed by atoms with van der Waals surface area (Å²) in [7, 11) is 0. The summed E-state index contributed by atoms with van der Waals surface area (Å²) in [5, 5.41) is 8.35. The lowest BCUT2D eigenvalue weighted by atomic mass is 10.2. The molecule has 2 heterocycles. The van der Waals surface area contributed by atoms with Crippen LogP contribution in [0.2, 0.25) is 4.47 Å². The number of benzene rings is 1. The maximum absolute atomic E-state index is 12.0. The van der Waals surface area contributed by atoms with E-state index in [-0.39, 0.29) is 12.5 Å². The Labute approximate surface area is 126 Å². The van der Waals surface area contributed by atoms with E-state index in [4.69, 9.17) is 16.3 Å². The van der Waals surface area contributed by atoms with Gasteiger partial charge in [-0.2, -0.15) is 0 Å². The van der Waals surface area contributed by atoms with Crippen molar-refractivity contribution in [3.05, 3.63) is 32.1 Å². The third-order valence-corrected chi connectivity index (χ3v) is 4.10. The van der Waals surface area contributed by atoms with Crippen LogP contribution >= 0.6 is 38.9 Å². The Hall–Kier alpha value is -1.18. The summed E-state index contributed by atoms with van der Waals surface area (Å²) in [5.74, 6) is 0.565. The molecule has 5 nitrogen and oxygen atoms in total. The summed E-state index contributed by atoms with van der Waals surface area (Å²) in [6, 6.07) is 5.54. The molecule has 8 heteroatoms. The molecule has 98 valence electrons. The van der Waals surface area contributed by atoms with Gasteiger partial charge < -0.3 is 4.74 Å². The van der Waals surface area contributed by atoms with Crippen LogP contribution < -0.4 is 9.64 Å². The van der Waals surface area contributed by atoms with Gasteiger partial charge in [0.05, 0.1) is 12.2 Å². The molecule has 3 rings (SSSR count). The van der Waals surface area contributed by atoms with Gasteiger partial charge in [0.25, 0.3) is 5.91 Å². The Kier molecular flexibility index (Phi) is 3.42. The molecule has 0 saturated heterocycles. The van der Waals surface area contributed by atoms with Crippen molar-refractivity contribution in [1.29, 1.82) is 0 Å². The van der Waals surface area contributed by atoms with Crippen molar-refractivity contribution in [2.75, 3.05) is 11.5 Å². The number of carbonyl (C=O) groups excluding carboxylic acids is 1. The van der Waals surface area contributed by atoms with Crippen LogP contribution in [0, 0.1) is 0 Å². The van der Waals surface area contributed by atoms with E-state index in [1.807, 2.05) is 18.2 Å². The second-order valence-corrected chi connectivity index (χ2v) is 6.39. The summed E-state index contributed by atoms with van der Waals surface area (Å²) in [6.45, 7) is 0.372. The van der Waals surface area contributed by atoms with Crippen molar-refractivity contribution in [3.8, 4) is 5.75 Å². The highest BCUT2D eigenvalue weighted by Crippen LogP contribution is 2.35. The number of hydrogen-bond donors (Lipinski definition) is 0. The van der Waals surface area contributed by atoms with Gasteiger partial charge >= 0.3 is 0 Å². The molecule has 1 aliphatic rings. The SMILES string of the molecule is O=C1COc2ccc(Br)cc2N1Cc1nnc(Cl)s1. The molecule has 0 spiro atoms. The molecule has 0 atom stereocenters. The molecule has 1 aliphatic heterocycles. The number of ether oxygens (including phenoxy) is 1. The largest absolute Gasteiger partial charge is 0.482 e. The highest BCUT2D eigenvalue weighted by atomic mass is 79.9. The Morgan fingerprint density at radius 1 is 1.47 bits per heavy atom. The third kappa shape index (κ3) is 2.58. The summed E-state index contributed by atoms with van der Waals surface area (Å²) < 4.78 is 6.64. The molecule has 1 amide bonds. The van der Waals surface area contributed by atoms with Crippen molar-refractivity contribution in [1.82, 2.24) is 10.2 Å². The number of aromatic nitrogens is 2. The first-order chi connectivity index (χ1) is 9.13. The van der Waals surface area contributed by atoms with E-state index >= 15 is 0 Å². The van der Waals surface area contributed by atoms with Crippen LogP contribution in [-0.2, 0) is 11.3 Å². The van der Waals surface area contributed by atoms with E-state index in [1.54, 1.807) is 4.90 Å². The molecule has 1 aromatic heterocycles. The highest BCUT2D eigenvalue weighted by molar-refractivity contribution is 9.10. The first kappa shape index (κ1) is 12.8. The number of rotatable bonds is 2. The predicted molar refractivity (Wildman–Crippen MR) is 75.7 cm³/mol. The van der Waals surface area contributed by atoms with Gasteiger partial charge in [0.15, 0.2) is 6.61 Å². The summed E-state index contributed by atoms with van der Waals surface area (Å²) in [6.07, 6.45) is 0. The molecule has 2 aromatic rings. The molecular weight excluding hydrogens is 354 g/mol. The lowest BCUT2D eigenvalue weighted by molar-refractivity contribution is -0.121. The lowest BCUT2D eigenvalue weighted by Crippen LogP contribution is -2.38. The fourth-order valence-corrected chi connectivity index (χ4v) is 2.99. The van der Waals surface area contributed by atoms with Gasteiger partial charge in [-0.3, -0.25) is 9.69 Å². The fourth-order valence-electron chi connectivity index (χ4n) is 1.78. The zero-order chi connectivity index (χ0) is 13.4. The first-order valence-electron chi connectivity index (χ1n) is 5.34. The van der Waals surface area contributed by atoms with Gasteiger partial charge in [-0.25, -0.2) is 0 Å². The topological polar surface area (TPSA) is 55.3 Å². The zero-order valence-corrected chi connectivity index (χ0v) is 12.6. The van der Waals surface area contributed by atoms with Crippen LogP contribution in [-0.4, -0.2) is 22.7 Å². The van der Waals surface area contributed by atoms with E-state index in [0.717, 1.165) is 10.2 Å². The number of halogens is 2. The number of anilines is 1. The smallest absolute Gasteiger partial charge is 0.265 e. The highest BCUT2D eigenvalue weighted by Gasteiger charge is 2.26. The third-order valence-electron chi connectivity index (χ3n) is 2.60. The molecule has 0 unspecified atom stereocenters. The second-order valence-electron chi connectivity index (χ2n) is 3.83. The maximum atomic E-state index is 12.0. The van der Waals surface area contributed by atoms with Gasteiger partial charge in [0.2, 0.25) is 4.47 Å². The van der Waals surface area contributed by atoms with Crippen LogP contribution in [0.5, 0.6) is 5.75 Å². The average molecular weight is 361 g/mol. The number of fused-ring (bicyclic) bond motifs is 1. The van der Waals surface area contributed by atoms with Crippen LogP contribution in [0.3, 0.4) is 0 Å².